The third-order valence-electron chi connectivity index (χ3n) is 5.87. The maximum Gasteiger partial charge on any atom is 0.222 e. The smallest absolute Gasteiger partial charge is 0.222 e. The van der Waals surface area contributed by atoms with Gasteiger partial charge in [0.15, 0.2) is 0 Å². The summed E-state index contributed by atoms with van der Waals surface area (Å²) in [6, 6.07) is 11.6. The second kappa shape index (κ2) is 8.88. The van der Waals surface area contributed by atoms with Crippen LogP contribution >= 0.6 is 0 Å². The molecule has 2 aliphatic rings. The van der Waals surface area contributed by atoms with Crippen LogP contribution in [0.3, 0.4) is 0 Å². The number of nitrogens with zero attached hydrogens (tertiary/aromatic N) is 4. The van der Waals surface area contributed by atoms with E-state index in [-0.39, 0.29) is 0 Å². The molecule has 3 heterocycles. The lowest BCUT2D eigenvalue weighted by Crippen LogP contribution is -2.42. The van der Waals surface area contributed by atoms with Gasteiger partial charge in [0.25, 0.3) is 0 Å². The van der Waals surface area contributed by atoms with Crippen LogP contribution in [0.1, 0.15) is 42.5 Å². The molecule has 2 fully saturated rings. The van der Waals surface area contributed by atoms with Crippen molar-refractivity contribution in [3.05, 3.63) is 47.2 Å². The molecule has 0 aliphatic carbocycles. The number of benzene rings is 1. The number of likely N-dealkylation sites (tertiary alicyclic amines) is 1. The Labute approximate surface area is 168 Å². The third-order valence-corrected chi connectivity index (χ3v) is 5.87. The van der Waals surface area contributed by atoms with E-state index in [1.54, 1.807) is 0 Å². The van der Waals surface area contributed by atoms with E-state index < -0.39 is 0 Å². The van der Waals surface area contributed by atoms with Gasteiger partial charge in [-0.25, -0.2) is 4.98 Å². The van der Waals surface area contributed by atoms with Gasteiger partial charge in [-0.2, -0.15) is 4.98 Å². The number of nitrogen functional groups attached to an aromatic ring is 1. The number of aryl methyl sites for hydroxylation is 1. The molecule has 1 aromatic heterocycles. The number of rotatable bonds is 6. The molecular weight excluding hydrogens is 348 g/mol. The minimum Gasteiger partial charge on any atom is -0.368 e. The van der Waals surface area contributed by atoms with E-state index in [4.69, 9.17) is 5.73 Å². The molecule has 28 heavy (non-hydrogen) atoms. The molecule has 4 rings (SSSR count). The summed E-state index contributed by atoms with van der Waals surface area (Å²) in [5.74, 6) is 1.32. The van der Waals surface area contributed by atoms with Crippen LogP contribution < -0.4 is 16.0 Å². The normalized spacial score (nSPS) is 18.7. The Bertz CT molecular complexity index is 758. The molecule has 0 radical (unpaired) electrons. The van der Waals surface area contributed by atoms with E-state index in [0.717, 1.165) is 50.5 Å². The molecule has 3 N–H and O–H groups in total. The Kier molecular flexibility index (Phi) is 6.07. The van der Waals surface area contributed by atoms with Gasteiger partial charge >= 0.3 is 0 Å². The summed E-state index contributed by atoms with van der Waals surface area (Å²) >= 11 is 0. The fraction of sp³-hybridized carbons (Fsp3) is 0.545. The van der Waals surface area contributed by atoms with Gasteiger partial charge in [0.05, 0.1) is 0 Å². The van der Waals surface area contributed by atoms with Gasteiger partial charge < -0.3 is 16.0 Å². The fourth-order valence-corrected chi connectivity index (χ4v) is 4.35. The van der Waals surface area contributed by atoms with Gasteiger partial charge in [0, 0.05) is 44.0 Å². The molecule has 0 unspecified atom stereocenters. The minimum atomic E-state index is 0.365. The van der Waals surface area contributed by atoms with Gasteiger partial charge in [-0.1, -0.05) is 24.3 Å². The summed E-state index contributed by atoms with van der Waals surface area (Å²) in [5, 5.41) is 3.76. The van der Waals surface area contributed by atoms with Crippen LogP contribution in [0.15, 0.2) is 30.3 Å². The van der Waals surface area contributed by atoms with Crippen molar-refractivity contribution in [3.63, 3.8) is 0 Å². The van der Waals surface area contributed by atoms with E-state index in [9.17, 15) is 0 Å². The van der Waals surface area contributed by atoms with Crippen molar-refractivity contribution in [1.82, 2.24) is 20.2 Å². The van der Waals surface area contributed by atoms with Crippen LogP contribution in [-0.4, -0.2) is 47.1 Å². The first-order valence-electron chi connectivity index (χ1n) is 10.6. The van der Waals surface area contributed by atoms with Gasteiger partial charge in [-0.3, -0.25) is 4.90 Å². The highest BCUT2D eigenvalue weighted by molar-refractivity contribution is 5.43. The van der Waals surface area contributed by atoms with Crippen molar-refractivity contribution < 1.29 is 0 Å². The lowest BCUT2D eigenvalue weighted by molar-refractivity contribution is 0.331. The Balaban J connectivity index is 1.26. The first-order chi connectivity index (χ1) is 13.7. The summed E-state index contributed by atoms with van der Waals surface area (Å²) in [7, 11) is 0. The minimum absolute atomic E-state index is 0.365. The number of hydrogen-bond donors (Lipinski definition) is 2. The van der Waals surface area contributed by atoms with Crippen LogP contribution in [0.2, 0.25) is 0 Å². The van der Waals surface area contributed by atoms with Crippen molar-refractivity contribution in [2.24, 2.45) is 0 Å². The van der Waals surface area contributed by atoms with Crippen molar-refractivity contribution in [2.45, 2.75) is 51.7 Å². The van der Waals surface area contributed by atoms with Crippen LogP contribution in [0.4, 0.5) is 11.8 Å². The fourth-order valence-electron chi connectivity index (χ4n) is 4.35. The van der Waals surface area contributed by atoms with E-state index in [1.165, 1.54) is 37.1 Å². The first-order valence-corrected chi connectivity index (χ1v) is 10.6. The highest BCUT2D eigenvalue weighted by Crippen LogP contribution is 2.20. The monoisotopic (exact) mass is 380 g/mol. The molecule has 1 aromatic carbocycles. The average molecular weight is 381 g/mol. The topological polar surface area (TPSA) is 70.3 Å². The molecule has 2 aromatic rings. The third kappa shape index (κ3) is 5.00. The largest absolute Gasteiger partial charge is 0.368 e. The summed E-state index contributed by atoms with van der Waals surface area (Å²) in [6.45, 7) is 8.50. The number of aromatic nitrogens is 2. The Morgan fingerprint density at radius 1 is 1.04 bits per heavy atom. The maximum atomic E-state index is 5.80. The van der Waals surface area contributed by atoms with E-state index in [1.807, 2.05) is 13.0 Å². The zero-order chi connectivity index (χ0) is 19.3. The molecule has 0 saturated carbocycles. The van der Waals surface area contributed by atoms with E-state index in [2.05, 4.69) is 49.4 Å². The zero-order valence-corrected chi connectivity index (χ0v) is 16.9. The van der Waals surface area contributed by atoms with Crippen LogP contribution in [0, 0.1) is 6.92 Å². The van der Waals surface area contributed by atoms with Crippen molar-refractivity contribution >= 4 is 11.8 Å². The molecule has 2 aliphatic heterocycles. The molecule has 2 saturated heterocycles. The van der Waals surface area contributed by atoms with E-state index in [0.29, 0.717) is 12.0 Å². The summed E-state index contributed by atoms with van der Waals surface area (Å²) in [5.41, 5.74) is 9.56. The number of nitrogens with one attached hydrogen (secondary N) is 1. The number of piperidine rings is 1. The molecule has 0 spiro atoms. The lowest BCUT2D eigenvalue weighted by atomic mass is 10.0. The number of anilines is 2. The first kappa shape index (κ1) is 19.2. The van der Waals surface area contributed by atoms with Crippen LogP contribution in [0.25, 0.3) is 0 Å². The SMILES string of the molecule is Cc1cc(N2CCC(NCc3cccc(CN4CCCC4)c3)CC2)nc(N)n1. The predicted molar refractivity (Wildman–Crippen MR) is 114 cm³/mol. The van der Waals surface area contributed by atoms with E-state index >= 15 is 0 Å². The average Bonchev–Trinajstić information content (AvgIpc) is 3.19. The molecule has 0 amide bonds. The van der Waals surface area contributed by atoms with Gasteiger partial charge in [0.1, 0.15) is 5.82 Å². The summed E-state index contributed by atoms with van der Waals surface area (Å²) in [6.07, 6.45) is 4.94. The number of hydrogen-bond acceptors (Lipinski definition) is 6. The highest BCUT2D eigenvalue weighted by atomic mass is 15.2. The Morgan fingerprint density at radius 3 is 2.54 bits per heavy atom. The van der Waals surface area contributed by atoms with Crippen molar-refractivity contribution in [3.8, 4) is 0 Å². The maximum absolute atomic E-state index is 5.80. The molecule has 150 valence electrons. The zero-order valence-electron chi connectivity index (χ0n) is 16.9. The van der Waals surface area contributed by atoms with Crippen molar-refractivity contribution in [1.29, 1.82) is 0 Å². The number of nitrogens with two attached hydrogens (primary N) is 1. The molecule has 0 atom stereocenters. The van der Waals surface area contributed by atoms with Crippen LogP contribution in [-0.2, 0) is 13.1 Å². The highest BCUT2D eigenvalue weighted by Gasteiger charge is 2.20. The van der Waals surface area contributed by atoms with Gasteiger partial charge in [0.2, 0.25) is 5.95 Å². The van der Waals surface area contributed by atoms with Gasteiger partial charge in [-0.15, -0.1) is 0 Å². The van der Waals surface area contributed by atoms with Gasteiger partial charge in [-0.05, 0) is 56.8 Å². The molecular formula is C22H32N6. The lowest BCUT2D eigenvalue weighted by Gasteiger charge is -2.33. The molecule has 0 bridgehead atoms. The standard InChI is InChI=1S/C22H32N6/c1-17-13-21(26-22(23)25-17)28-11-7-20(8-12-28)24-15-18-5-4-6-19(14-18)16-27-9-2-3-10-27/h4-6,13-14,20,24H,2-3,7-12,15-16H2,1H3,(H2,23,25,26). The van der Waals surface area contributed by atoms with Crippen molar-refractivity contribution in [2.75, 3.05) is 36.8 Å². The second-order valence-corrected chi connectivity index (χ2v) is 8.17. The second-order valence-electron chi connectivity index (χ2n) is 8.17. The predicted octanol–water partition coefficient (Wildman–Crippen LogP) is 2.72. The molecule has 6 heteroatoms. The summed E-state index contributed by atoms with van der Waals surface area (Å²) < 4.78 is 0. The summed E-state index contributed by atoms with van der Waals surface area (Å²) in [4.78, 5) is 13.4. The Morgan fingerprint density at radius 2 is 1.79 bits per heavy atom. The quantitative estimate of drug-likeness (QED) is 0.803. The van der Waals surface area contributed by atoms with Crippen LogP contribution in [0.5, 0.6) is 0 Å². The molecule has 6 nitrogen and oxygen atoms in total. The Hall–Kier alpha value is -2.18.